The molecule has 136 valence electrons. The second-order valence-electron chi connectivity index (χ2n) is 7.63. The Bertz CT molecular complexity index is 652. The van der Waals surface area contributed by atoms with Gasteiger partial charge in [-0.05, 0) is 44.7 Å². The molecule has 0 unspecified atom stereocenters. The van der Waals surface area contributed by atoms with Gasteiger partial charge in [0.1, 0.15) is 11.5 Å². The van der Waals surface area contributed by atoms with E-state index >= 15 is 0 Å². The van der Waals surface area contributed by atoms with Crippen molar-refractivity contribution in [1.82, 2.24) is 15.1 Å². The molecule has 1 aromatic heterocycles. The third-order valence-corrected chi connectivity index (χ3v) is 5.58. The van der Waals surface area contributed by atoms with Crippen LogP contribution in [0.4, 0.5) is 4.79 Å². The highest BCUT2D eigenvalue weighted by atomic mass is 16.3. The molecule has 3 aliphatic rings. The van der Waals surface area contributed by atoms with Gasteiger partial charge in [0.25, 0.3) is 0 Å². The molecule has 0 radical (unpaired) electrons. The second-order valence-corrected chi connectivity index (χ2v) is 7.63. The van der Waals surface area contributed by atoms with Gasteiger partial charge in [0.15, 0.2) is 0 Å². The van der Waals surface area contributed by atoms with Crippen molar-refractivity contribution in [2.24, 2.45) is 0 Å². The van der Waals surface area contributed by atoms with Gasteiger partial charge < -0.3 is 19.5 Å². The predicted octanol–water partition coefficient (Wildman–Crippen LogP) is 2.98. The van der Waals surface area contributed by atoms with E-state index in [1.165, 1.54) is 0 Å². The number of urea groups is 1. The second kappa shape index (κ2) is 6.73. The zero-order valence-electron chi connectivity index (χ0n) is 14.9. The topological polar surface area (TPSA) is 65.8 Å². The quantitative estimate of drug-likeness (QED) is 0.916. The van der Waals surface area contributed by atoms with Crippen LogP contribution in [0.1, 0.15) is 62.5 Å². The molecule has 4 rings (SSSR count). The molecule has 0 aromatic carbocycles. The molecule has 6 nitrogen and oxygen atoms in total. The summed E-state index contributed by atoms with van der Waals surface area (Å²) in [5, 5.41) is 3.11. The summed E-state index contributed by atoms with van der Waals surface area (Å²) in [4.78, 5) is 28.9. The third kappa shape index (κ3) is 3.53. The molecule has 2 saturated heterocycles. The van der Waals surface area contributed by atoms with Crippen molar-refractivity contribution in [3.8, 4) is 0 Å². The summed E-state index contributed by atoms with van der Waals surface area (Å²) in [5.41, 5.74) is 0. The number of amides is 3. The van der Waals surface area contributed by atoms with E-state index in [0.717, 1.165) is 56.6 Å². The van der Waals surface area contributed by atoms with Gasteiger partial charge in [-0.1, -0.05) is 12.8 Å². The van der Waals surface area contributed by atoms with Crippen LogP contribution in [0.5, 0.6) is 0 Å². The molecule has 2 atom stereocenters. The number of carbonyl (C=O) groups is 2. The minimum Gasteiger partial charge on any atom is -0.464 e. The van der Waals surface area contributed by atoms with Crippen molar-refractivity contribution in [2.45, 2.75) is 70.0 Å². The van der Waals surface area contributed by atoms with Crippen LogP contribution in [0.3, 0.4) is 0 Å². The number of aryl methyl sites for hydroxylation is 1. The van der Waals surface area contributed by atoms with Crippen LogP contribution in [-0.4, -0.2) is 46.9 Å². The molecular formula is C19H27N3O3. The van der Waals surface area contributed by atoms with Crippen molar-refractivity contribution < 1.29 is 14.0 Å². The van der Waals surface area contributed by atoms with E-state index in [-0.39, 0.29) is 24.0 Å². The number of furan rings is 1. The Morgan fingerprint density at radius 2 is 2.04 bits per heavy atom. The fourth-order valence-electron chi connectivity index (χ4n) is 4.10. The molecule has 1 N–H and O–H groups in total. The molecule has 3 amide bonds. The Labute approximate surface area is 148 Å². The van der Waals surface area contributed by atoms with Crippen LogP contribution in [0.2, 0.25) is 0 Å². The highest BCUT2D eigenvalue weighted by Gasteiger charge is 2.40. The average Bonchev–Trinajstić information content (AvgIpc) is 3.30. The third-order valence-electron chi connectivity index (χ3n) is 5.58. The lowest BCUT2D eigenvalue weighted by molar-refractivity contribution is -0.128. The number of nitrogens with one attached hydrogen (secondary N) is 1. The summed E-state index contributed by atoms with van der Waals surface area (Å²) in [6, 6.07) is 4.23. The number of nitrogens with zero attached hydrogens (tertiary/aromatic N) is 2. The van der Waals surface area contributed by atoms with Crippen molar-refractivity contribution in [3.63, 3.8) is 0 Å². The highest BCUT2D eigenvalue weighted by molar-refractivity contribution is 5.82. The Balaban J connectivity index is 1.44. The number of likely N-dealkylation sites (tertiary alicyclic amines) is 2. The van der Waals surface area contributed by atoms with Gasteiger partial charge in [-0.15, -0.1) is 0 Å². The monoisotopic (exact) mass is 345 g/mol. The van der Waals surface area contributed by atoms with Crippen LogP contribution in [0.15, 0.2) is 16.5 Å². The average molecular weight is 345 g/mol. The van der Waals surface area contributed by atoms with Gasteiger partial charge in [0.2, 0.25) is 5.91 Å². The van der Waals surface area contributed by atoms with Gasteiger partial charge in [0.05, 0.1) is 12.1 Å². The molecule has 3 heterocycles. The van der Waals surface area contributed by atoms with E-state index in [4.69, 9.17) is 4.42 Å². The summed E-state index contributed by atoms with van der Waals surface area (Å²) in [6.45, 7) is 3.33. The summed E-state index contributed by atoms with van der Waals surface area (Å²) in [5.74, 6) is 1.93. The molecule has 0 spiro atoms. The van der Waals surface area contributed by atoms with E-state index in [1.807, 2.05) is 28.9 Å². The summed E-state index contributed by atoms with van der Waals surface area (Å²) in [6.07, 6.45) is 6.83. The Hall–Kier alpha value is -1.98. The zero-order valence-corrected chi connectivity index (χ0v) is 14.9. The van der Waals surface area contributed by atoms with E-state index < -0.39 is 0 Å². The molecule has 2 aliphatic heterocycles. The fraction of sp³-hybridized carbons (Fsp3) is 0.684. The number of carbonyl (C=O) groups excluding carboxylic acids is 2. The number of rotatable bonds is 3. The largest absolute Gasteiger partial charge is 0.464 e. The smallest absolute Gasteiger partial charge is 0.318 e. The maximum atomic E-state index is 12.9. The van der Waals surface area contributed by atoms with Crippen molar-refractivity contribution in [2.75, 3.05) is 13.1 Å². The first-order valence-electron chi connectivity index (χ1n) is 9.55. The van der Waals surface area contributed by atoms with Crippen molar-refractivity contribution in [1.29, 1.82) is 0 Å². The van der Waals surface area contributed by atoms with Gasteiger partial charge in [0, 0.05) is 25.6 Å². The fourth-order valence-corrected chi connectivity index (χ4v) is 4.10. The Morgan fingerprint density at radius 1 is 1.20 bits per heavy atom. The van der Waals surface area contributed by atoms with Gasteiger partial charge in [-0.3, -0.25) is 4.79 Å². The molecule has 3 fully saturated rings. The highest BCUT2D eigenvalue weighted by Crippen LogP contribution is 2.33. The lowest BCUT2D eigenvalue weighted by Gasteiger charge is -2.30. The number of hydrogen-bond acceptors (Lipinski definition) is 3. The molecule has 0 bridgehead atoms. The maximum absolute atomic E-state index is 12.9. The van der Waals surface area contributed by atoms with Crippen molar-refractivity contribution >= 4 is 11.9 Å². The first-order chi connectivity index (χ1) is 12.1. The van der Waals surface area contributed by atoms with Crippen molar-refractivity contribution in [3.05, 3.63) is 23.7 Å². The van der Waals surface area contributed by atoms with Crippen LogP contribution in [0, 0.1) is 6.92 Å². The molecule has 1 saturated carbocycles. The maximum Gasteiger partial charge on any atom is 0.318 e. The van der Waals surface area contributed by atoms with E-state index in [0.29, 0.717) is 19.0 Å². The summed E-state index contributed by atoms with van der Waals surface area (Å²) in [7, 11) is 0. The van der Waals surface area contributed by atoms with E-state index in [9.17, 15) is 9.59 Å². The lowest BCUT2D eigenvalue weighted by atomic mass is 10.1. The van der Waals surface area contributed by atoms with Gasteiger partial charge in [-0.25, -0.2) is 4.79 Å². The molecule has 6 heteroatoms. The summed E-state index contributed by atoms with van der Waals surface area (Å²) < 4.78 is 5.82. The van der Waals surface area contributed by atoms with Crippen LogP contribution < -0.4 is 5.32 Å². The minimum absolute atomic E-state index is 0.00663. The SMILES string of the molecule is Cc1ccc([C@H]2CCCCCN2C(=O)N[C@H]2CC(=O)N(C3CC3)C2)o1. The van der Waals surface area contributed by atoms with Crippen LogP contribution in [0.25, 0.3) is 0 Å². The molecular weight excluding hydrogens is 318 g/mol. The summed E-state index contributed by atoms with van der Waals surface area (Å²) >= 11 is 0. The van der Waals surface area contributed by atoms with E-state index in [1.54, 1.807) is 0 Å². The zero-order chi connectivity index (χ0) is 17.4. The first kappa shape index (κ1) is 16.5. The lowest BCUT2D eigenvalue weighted by Crippen LogP contribution is -2.47. The van der Waals surface area contributed by atoms with Crippen LogP contribution in [-0.2, 0) is 4.79 Å². The minimum atomic E-state index is -0.0668. The first-order valence-corrected chi connectivity index (χ1v) is 9.55. The number of hydrogen-bond donors (Lipinski definition) is 1. The molecule has 1 aromatic rings. The Kier molecular flexibility index (Phi) is 4.44. The normalized spacial score (nSPS) is 27.5. The molecule has 25 heavy (non-hydrogen) atoms. The van der Waals surface area contributed by atoms with Gasteiger partial charge in [-0.2, -0.15) is 0 Å². The van der Waals surface area contributed by atoms with Gasteiger partial charge >= 0.3 is 6.03 Å². The standard InChI is InChI=1S/C19H27N3O3/c1-13-6-9-17(25-13)16-5-3-2-4-10-21(16)19(24)20-14-11-18(23)22(12-14)15-7-8-15/h6,9,14-16H,2-5,7-8,10-12H2,1H3,(H,20,24)/t14-,16+/m0/s1. The predicted molar refractivity (Wildman–Crippen MR) is 93.0 cm³/mol. The molecule has 1 aliphatic carbocycles. The van der Waals surface area contributed by atoms with Crippen LogP contribution >= 0.6 is 0 Å². The Morgan fingerprint density at radius 3 is 2.76 bits per heavy atom. The van der Waals surface area contributed by atoms with E-state index in [2.05, 4.69) is 5.32 Å².